The number of amides is 1. The summed E-state index contributed by atoms with van der Waals surface area (Å²) in [6.07, 6.45) is 0. The third kappa shape index (κ3) is 2.79. The molecule has 1 atom stereocenters. The van der Waals surface area contributed by atoms with Crippen LogP contribution in [0.15, 0.2) is 72.1 Å². The molecule has 0 spiro atoms. The lowest BCUT2D eigenvalue weighted by Gasteiger charge is -2.20. The molecule has 136 valence electrons. The van der Waals surface area contributed by atoms with Gasteiger partial charge in [-0.25, -0.2) is 4.79 Å². The highest BCUT2D eigenvalue weighted by atomic mass is 16.5. The zero-order valence-corrected chi connectivity index (χ0v) is 14.8. The lowest BCUT2D eigenvalue weighted by Crippen LogP contribution is -2.30. The van der Waals surface area contributed by atoms with Gasteiger partial charge in [-0.05, 0) is 11.1 Å². The van der Waals surface area contributed by atoms with Crippen LogP contribution in [0.25, 0.3) is 0 Å². The van der Waals surface area contributed by atoms with Crippen LogP contribution in [0.5, 0.6) is 0 Å². The van der Waals surface area contributed by atoms with Crippen LogP contribution in [0, 0.1) is 0 Å². The van der Waals surface area contributed by atoms with Gasteiger partial charge in [-0.1, -0.05) is 60.7 Å². The lowest BCUT2D eigenvalue weighted by molar-refractivity contribution is -0.143. The molecule has 2 aromatic rings. The van der Waals surface area contributed by atoms with Gasteiger partial charge in [-0.15, -0.1) is 0 Å². The number of Topliss-reactive ketones (excluding diaryl/α,β-unsaturated/α-hetero) is 1. The Bertz CT molecular complexity index is 937. The van der Waals surface area contributed by atoms with Crippen LogP contribution in [0.4, 0.5) is 0 Å². The van der Waals surface area contributed by atoms with E-state index in [0.29, 0.717) is 18.9 Å². The minimum atomic E-state index is -0.810. The summed E-state index contributed by atoms with van der Waals surface area (Å²) in [5, 5.41) is 0. The number of methoxy groups -OCH3 is 1. The SMILES string of the molecule is COC(=O)C1=C2N(Cc3ccccc3)CC(c3ccccc3)N2C(=O)C1=O. The number of carbonyl (C=O) groups excluding carboxylic acids is 3. The van der Waals surface area contributed by atoms with Crippen molar-refractivity contribution in [3.8, 4) is 0 Å². The molecular weight excluding hydrogens is 344 g/mol. The van der Waals surface area contributed by atoms with Gasteiger partial charge in [0, 0.05) is 13.1 Å². The first-order valence-corrected chi connectivity index (χ1v) is 8.66. The third-order valence-corrected chi connectivity index (χ3v) is 4.89. The Balaban J connectivity index is 1.81. The summed E-state index contributed by atoms with van der Waals surface area (Å²) in [5.41, 5.74) is 1.75. The van der Waals surface area contributed by atoms with Crippen LogP contribution in [-0.4, -0.2) is 41.1 Å². The molecule has 6 nitrogen and oxygen atoms in total. The fourth-order valence-electron chi connectivity index (χ4n) is 3.67. The van der Waals surface area contributed by atoms with Gasteiger partial charge < -0.3 is 9.64 Å². The van der Waals surface area contributed by atoms with E-state index in [1.54, 1.807) is 0 Å². The molecule has 0 bridgehead atoms. The van der Waals surface area contributed by atoms with E-state index in [0.717, 1.165) is 11.1 Å². The molecule has 6 heteroatoms. The minimum absolute atomic E-state index is 0.183. The van der Waals surface area contributed by atoms with Crippen LogP contribution >= 0.6 is 0 Å². The number of benzene rings is 2. The minimum Gasteiger partial charge on any atom is -0.465 e. The Hall–Kier alpha value is -3.41. The second-order valence-electron chi connectivity index (χ2n) is 6.49. The van der Waals surface area contributed by atoms with Crippen molar-refractivity contribution in [2.75, 3.05) is 13.7 Å². The van der Waals surface area contributed by atoms with Crippen LogP contribution in [0.2, 0.25) is 0 Å². The van der Waals surface area contributed by atoms with E-state index in [9.17, 15) is 14.4 Å². The van der Waals surface area contributed by atoms with Crippen molar-refractivity contribution in [1.29, 1.82) is 0 Å². The zero-order chi connectivity index (χ0) is 19.0. The van der Waals surface area contributed by atoms with Gasteiger partial charge in [0.2, 0.25) is 0 Å². The Labute approximate surface area is 156 Å². The largest absolute Gasteiger partial charge is 0.465 e. The van der Waals surface area contributed by atoms with E-state index in [2.05, 4.69) is 0 Å². The second kappa shape index (κ2) is 6.72. The molecule has 1 unspecified atom stereocenters. The van der Waals surface area contributed by atoms with E-state index in [1.165, 1.54) is 12.0 Å². The van der Waals surface area contributed by atoms with Gasteiger partial charge in [-0.2, -0.15) is 0 Å². The molecule has 0 aromatic heterocycles. The highest BCUT2D eigenvalue weighted by molar-refractivity contribution is 6.51. The molecule has 0 radical (unpaired) electrons. The molecule has 27 heavy (non-hydrogen) atoms. The number of nitrogens with zero attached hydrogens (tertiary/aromatic N) is 2. The first kappa shape index (κ1) is 17.0. The van der Waals surface area contributed by atoms with Crippen molar-refractivity contribution >= 4 is 17.7 Å². The van der Waals surface area contributed by atoms with E-state index in [-0.39, 0.29) is 11.6 Å². The summed E-state index contributed by atoms with van der Waals surface area (Å²) < 4.78 is 4.78. The summed E-state index contributed by atoms with van der Waals surface area (Å²) in [5.74, 6) is -1.93. The van der Waals surface area contributed by atoms with Crippen molar-refractivity contribution in [2.24, 2.45) is 0 Å². The van der Waals surface area contributed by atoms with Gasteiger partial charge in [-0.3, -0.25) is 14.5 Å². The number of hydrogen-bond acceptors (Lipinski definition) is 5. The second-order valence-corrected chi connectivity index (χ2v) is 6.49. The van der Waals surface area contributed by atoms with Crippen molar-refractivity contribution in [2.45, 2.75) is 12.6 Å². The molecule has 0 N–H and O–H groups in total. The Morgan fingerprint density at radius 3 is 2.30 bits per heavy atom. The number of hydrogen-bond donors (Lipinski definition) is 0. The summed E-state index contributed by atoms with van der Waals surface area (Å²) in [6.45, 7) is 0.977. The fourth-order valence-corrected chi connectivity index (χ4v) is 3.67. The summed E-state index contributed by atoms with van der Waals surface area (Å²) in [6, 6.07) is 18.9. The van der Waals surface area contributed by atoms with Gasteiger partial charge in [0.25, 0.3) is 5.78 Å². The quantitative estimate of drug-likeness (QED) is 0.473. The fraction of sp³-hybridized carbons (Fsp3) is 0.190. The van der Waals surface area contributed by atoms with Crippen molar-refractivity contribution < 1.29 is 19.1 Å². The van der Waals surface area contributed by atoms with Gasteiger partial charge in [0.15, 0.2) is 5.57 Å². The molecule has 2 aliphatic rings. The third-order valence-electron chi connectivity index (χ3n) is 4.89. The number of carbonyl (C=O) groups is 3. The van der Waals surface area contributed by atoms with Crippen molar-refractivity contribution in [1.82, 2.24) is 9.80 Å². The molecule has 4 rings (SSSR count). The average Bonchev–Trinajstić information content (AvgIpc) is 3.19. The van der Waals surface area contributed by atoms with E-state index in [4.69, 9.17) is 4.74 Å². The maximum atomic E-state index is 12.7. The number of rotatable bonds is 4. The highest BCUT2D eigenvalue weighted by Gasteiger charge is 2.52. The molecule has 0 aliphatic carbocycles. The summed E-state index contributed by atoms with van der Waals surface area (Å²) >= 11 is 0. The van der Waals surface area contributed by atoms with E-state index < -0.39 is 17.7 Å². The molecule has 1 fully saturated rings. The lowest BCUT2D eigenvalue weighted by atomic mass is 10.1. The molecule has 1 saturated heterocycles. The first-order chi connectivity index (χ1) is 13.1. The predicted molar refractivity (Wildman–Crippen MR) is 96.9 cm³/mol. The number of ether oxygens (including phenoxy) is 1. The predicted octanol–water partition coefficient (Wildman–Crippen LogP) is 2.04. The smallest absolute Gasteiger partial charge is 0.345 e. The first-order valence-electron chi connectivity index (χ1n) is 8.66. The molecule has 2 aliphatic heterocycles. The molecule has 2 heterocycles. The van der Waals surface area contributed by atoms with E-state index in [1.807, 2.05) is 65.6 Å². The Kier molecular flexibility index (Phi) is 4.24. The normalized spacial score (nSPS) is 18.9. The maximum Gasteiger partial charge on any atom is 0.345 e. The van der Waals surface area contributed by atoms with Gasteiger partial charge in [0.05, 0.1) is 13.2 Å². The molecular formula is C21H18N2O4. The van der Waals surface area contributed by atoms with Crippen LogP contribution in [-0.2, 0) is 25.7 Å². The van der Waals surface area contributed by atoms with Crippen LogP contribution in [0.3, 0.4) is 0 Å². The topological polar surface area (TPSA) is 66.9 Å². The van der Waals surface area contributed by atoms with Gasteiger partial charge in [0.1, 0.15) is 5.82 Å². The number of fused-ring (bicyclic) bond motifs is 1. The number of ketones is 1. The molecule has 0 saturated carbocycles. The Morgan fingerprint density at radius 1 is 1.04 bits per heavy atom. The molecule has 1 amide bonds. The summed E-state index contributed by atoms with van der Waals surface area (Å²) in [4.78, 5) is 40.8. The van der Waals surface area contributed by atoms with Gasteiger partial charge >= 0.3 is 11.9 Å². The summed E-state index contributed by atoms with van der Waals surface area (Å²) in [7, 11) is 1.21. The van der Waals surface area contributed by atoms with Crippen molar-refractivity contribution in [3.63, 3.8) is 0 Å². The standard InChI is InChI=1S/C21H18N2O4/c1-27-21(26)17-18(24)20(25)23-16(15-10-6-3-7-11-15)13-22(19(17)23)12-14-8-4-2-5-9-14/h2-11,16H,12-13H2,1H3. The maximum absolute atomic E-state index is 12.7. The van der Waals surface area contributed by atoms with E-state index >= 15 is 0 Å². The van der Waals surface area contributed by atoms with Crippen LogP contribution < -0.4 is 0 Å². The van der Waals surface area contributed by atoms with Crippen LogP contribution in [0.1, 0.15) is 17.2 Å². The number of esters is 1. The average molecular weight is 362 g/mol. The molecule has 2 aromatic carbocycles. The highest BCUT2D eigenvalue weighted by Crippen LogP contribution is 2.41. The zero-order valence-electron chi connectivity index (χ0n) is 14.8. The Morgan fingerprint density at radius 2 is 1.67 bits per heavy atom. The monoisotopic (exact) mass is 362 g/mol. The van der Waals surface area contributed by atoms with Crippen molar-refractivity contribution in [3.05, 3.63) is 83.2 Å².